The first-order chi connectivity index (χ1) is 7.05. The monoisotopic (exact) mass is 222 g/mol. The number of nitrogens with one attached hydrogen (secondary N) is 1. The molecule has 0 radical (unpaired) electrons. The van der Waals surface area contributed by atoms with E-state index in [1.165, 1.54) is 0 Å². The average Bonchev–Trinajstić information content (AvgIpc) is 2.52. The van der Waals surface area contributed by atoms with Crippen LogP contribution >= 0.6 is 11.8 Å². The summed E-state index contributed by atoms with van der Waals surface area (Å²) >= 11 is 1.55. The normalized spacial score (nSPS) is 20.1. The Balaban J connectivity index is 2.13. The number of allylic oxidation sites excluding steroid dienone is 2. The summed E-state index contributed by atoms with van der Waals surface area (Å²) in [5, 5.41) is 0.853. The van der Waals surface area contributed by atoms with E-state index >= 15 is 0 Å². The third-order valence-electron chi connectivity index (χ3n) is 2.33. The van der Waals surface area contributed by atoms with Gasteiger partial charge >= 0.3 is 0 Å². The second-order valence-electron chi connectivity index (χ2n) is 4.59. The van der Waals surface area contributed by atoms with Crippen molar-refractivity contribution in [2.45, 2.75) is 31.8 Å². The molecule has 0 bridgehead atoms. The van der Waals surface area contributed by atoms with Crippen LogP contribution in [0.1, 0.15) is 26.7 Å². The Morgan fingerprint density at radius 3 is 2.87 bits per heavy atom. The smallest absolute Gasteiger partial charge is 0.169 e. The number of carbonyl (C=O) groups is 1. The lowest BCUT2D eigenvalue weighted by Crippen LogP contribution is -2.20. The number of nitrogens with zero attached hydrogens (tertiary/aromatic N) is 1. The highest BCUT2D eigenvalue weighted by Crippen LogP contribution is 2.39. The fourth-order valence-electron chi connectivity index (χ4n) is 1.78. The largest absolute Gasteiger partial charge is 0.339 e. The Hall–Kier alpha value is -1.03. The summed E-state index contributed by atoms with van der Waals surface area (Å²) < 4.78 is 0. The van der Waals surface area contributed by atoms with E-state index in [2.05, 4.69) is 23.8 Å². The number of rotatable bonds is 2. The Kier molecular flexibility index (Phi) is 2.69. The molecule has 1 heterocycles. The molecule has 80 valence electrons. The van der Waals surface area contributed by atoms with Crippen LogP contribution in [0.3, 0.4) is 0 Å². The standard InChI is InChI=1S/C11H14N2OS/c1-11(2)6-8(14)5-9(7-11)15-10-12-3-4-13-10/h3-5H,6-7H2,1-2H3,(H,12,13). The molecule has 0 spiro atoms. The number of H-pyrrole nitrogens is 1. The van der Waals surface area contributed by atoms with Crippen molar-refractivity contribution in [3.05, 3.63) is 23.4 Å². The van der Waals surface area contributed by atoms with Crippen molar-refractivity contribution < 1.29 is 4.79 Å². The van der Waals surface area contributed by atoms with Gasteiger partial charge in [-0.25, -0.2) is 4.98 Å². The number of aromatic amines is 1. The van der Waals surface area contributed by atoms with Crippen LogP contribution in [0.25, 0.3) is 0 Å². The first kappa shape index (κ1) is 10.5. The van der Waals surface area contributed by atoms with Gasteiger partial charge in [-0.15, -0.1) is 0 Å². The van der Waals surface area contributed by atoms with Gasteiger partial charge < -0.3 is 4.98 Å². The zero-order valence-corrected chi connectivity index (χ0v) is 9.73. The molecular weight excluding hydrogens is 208 g/mol. The van der Waals surface area contributed by atoms with Crippen molar-refractivity contribution in [2.24, 2.45) is 5.41 Å². The summed E-state index contributed by atoms with van der Waals surface area (Å²) in [5.74, 6) is 0.223. The summed E-state index contributed by atoms with van der Waals surface area (Å²) in [5.41, 5.74) is 0.0841. The van der Waals surface area contributed by atoms with Gasteiger partial charge in [0.15, 0.2) is 10.9 Å². The fourth-order valence-corrected chi connectivity index (χ4v) is 2.93. The fraction of sp³-hybridized carbons (Fsp3) is 0.455. The molecule has 0 saturated carbocycles. The molecular formula is C11H14N2OS. The van der Waals surface area contributed by atoms with Crippen LogP contribution < -0.4 is 0 Å². The highest BCUT2D eigenvalue weighted by Gasteiger charge is 2.27. The van der Waals surface area contributed by atoms with Gasteiger partial charge in [0.05, 0.1) is 0 Å². The SMILES string of the molecule is CC1(C)CC(=O)C=C(Sc2ncc[nH]2)C1. The number of carbonyl (C=O) groups excluding carboxylic acids is 1. The molecule has 1 aliphatic rings. The molecule has 0 saturated heterocycles. The van der Waals surface area contributed by atoms with E-state index in [4.69, 9.17) is 0 Å². The first-order valence-corrected chi connectivity index (χ1v) is 5.77. The highest BCUT2D eigenvalue weighted by atomic mass is 32.2. The quantitative estimate of drug-likeness (QED) is 0.837. The van der Waals surface area contributed by atoms with Crippen LogP contribution in [0.2, 0.25) is 0 Å². The second kappa shape index (κ2) is 3.85. The van der Waals surface area contributed by atoms with Crippen molar-refractivity contribution in [3.8, 4) is 0 Å². The Bertz CT molecular complexity index is 393. The van der Waals surface area contributed by atoms with Gasteiger partial charge in [-0.2, -0.15) is 0 Å². The summed E-state index contributed by atoms with van der Waals surface area (Å²) in [7, 11) is 0. The first-order valence-electron chi connectivity index (χ1n) is 4.96. The van der Waals surface area contributed by atoms with Gasteiger partial charge in [-0.3, -0.25) is 4.79 Å². The molecule has 3 nitrogen and oxygen atoms in total. The van der Waals surface area contributed by atoms with Crippen LogP contribution in [-0.2, 0) is 4.79 Å². The lowest BCUT2D eigenvalue weighted by molar-refractivity contribution is -0.116. The molecule has 1 N–H and O–H groups in total. The van der Waals surface area contributed by atoms with Gasteiger partial charge in [0, 0.05) is 18.8 Å². The van der Waals surface area contributed by atoms with Crippen LogP contribution in [0.4, 0.5) is 0 Å². The Morgan fingerprint density at radius 1 is 1.47 bits per heavy atom. The van der Waals surface area contributed by atoms with Gasteiger partial charge in [0.25, 0.3) is 0 Å². The van der Waals surface area contributed by atoms with E-state index in [0.29, 0.717) is 6.42 Å². The maximum absolute atomic E-state index is 11.5. The van der Waals surface area contributed by atoms with E-state index in [-0.39, 0.29) is 11.2 Å². The van der Waals surface area contributed by atoms with Crippen molar-refractivity contribution in [2.75, 3.05) is 0 Å². The van der Waals surface area contributed by atoms with Crippen molar-refractivity contribution in [1.29, 1.82) is 0 Å². The molecule has 2 rings (SSSR count). The minimum atomic E-state index is 0.0841. The minimum absolute atomic E-state index is 0.0841. The molecule has 0 amide bonds. The second-order valence-corrected chi connectivity index (χ2v) is 5.71. The van der Waals surface area contributed by atoms with E-state index in [1.54, 1.807) is 30.2 Å². The van der Waals surface area contributed by atoms with Crippen LogP contribution in [0.5, 0.6) is 0 Å². The van der Waals surface area contributed by atoms with Crippen LogP contribution in [0.15, 0.2) is 28.5 Å². The van der Waals surface area contributed by atoms with Crippen LogP contribution in [0, 0.1) is 5.41 Å². The summed E-state index contributed by atoms with van der Waals surface area (Å²) in [6, 6.07) is 0. The van der Waals surface area contributed by atoms with Gasteiger partial charge in [-0.1, -0.05) is 25.6 Å². The van der Waals surface area contributed by atoms with E-state index in [1.807, 2.05) is 0 Å². The third-order valence-corrected chi connectivity index (χ3v) is 3.27. The van der Waals surface area contributed by atoms with E-state index in [0.717, 1.165) is 16.5 Å². The molecule has 0 fully saturated rings. The lowest BCUT2D eigenvalue weighted by Gasteiger charge is -2.27. The molecule has 1 aliphatic carbocycles. The molecule has 0 aliphatic heterocycles. The predicted molar refractivity (Wildman–Crippen MR) is 60.5 cm³/mol. The van der Waals surface area contributed by atoms with Crippen molar-refractivity contribution >= 4 is 17.5 Å². The van der Waals surface area contributed by atoms with Crippen molar-refractivity contribution in [3.63, 3.8) is 0 Å². The maximum Gasteiger partial charge on any atom is 0.169 e. The lowest BCUT2D eigenvalue weighted by atomic mass is 9.80. The number of hydrogen-bond donors (Lipinski definition) is 1. The zero-order valence-electron chi connectivity index (χ0n) is 8.91. The Morgan fingerprint density at radius 2 is 2.27 bits per heavy atom. The minimum Gasteiger partial charge on any atom is -0.339 e. The average molecular weight is 222 g/mol. The number of thioether (sulfide) groups is 1. The molecule has 0 atom stereocenters. The molecule has 0 unspecified atom stereocenters. The zero-order chi connectivity index (χ0) is 10.9. The highest BCUT2D eigenvalue weighted by molar-refractivity contribution is 8.03. The van der Waals surface area contributed by atoms with Gasteiger partial charge in [0.1, 0.15) is 0 Å². The van der Waals surface area contributed by atoms with E-state index < -0.39 is 0 Å². The molecule has 1 aromatic rings. The molecule has 0 aromatic carbocycles. The van der Waals surface area contributed by atoms with Crippen LogP contribution in [-0.4, -0.2) is 15.8 Å². The van der Waals surface area contributed by atoms with Gasteiger partial charge in [-0.05, 0) is 22.8 Å². The van der Waals surface area contributed by atoms with Gasteiger partial charge in [0.2, 0.25) is 0 Å². The number of aromatic nitrogens is 2. The Labute approximate surface area is 93.4 Å². The topological polar surface area (TPSA) is 45.8 Å². The number of imidazole rings is 1. The van der Waals surface area contributed by atoms with E-state index in [9.17, 15) is 4.79 Å². The summed E-state index contributed by atoms with van der Waals surface area (Å²) in [6.07, 6.45) is 6.86. The molecule has 4 heteroatoms. The third kappa shape index (κ3) is 2.72. The number of hydrogen-bond acceptors (Lipinski definition) is 3. The summed E-state index contributed by atoms with van der Waals surface area (Å²) in [6.45, 7) is 4.25. The molecule has 1 aromatic heterocycles. The van der Waals surface area contributed by atoms with Crippen molar-refractivity contribution in [1.82, 2.24) is 9.97 Å². The molecule has 15 heavy (non-hydrogen) atoms. The summed E-state index contributed by atoms with van der Waals surface area (Å²) in [4.78, 5) is 19.8. The predicted octanol–water partition coefficient (Wildman–Crippen LogP) is 2.77. The number of ketones is 1. The maximum atomic E-state index is 11.5.